The molecular formula is C28H39N3O5. The third-order valence-corrected chi connectivity index (χ3v) is 6.65. The number of ether oxygens (including phenoxy) is 5. The first-order chi connectivity index (χ1) is 17.5. The number of aromatic nitrogens is 2. The summed E-state index contributed by atoms with van der Waals surface area (Å²) in [5.41, 5.74) is 4.68. The summed E-state index contributed by atoms with van der Waals surface area (Å²) in [7, 11) is 6.70. The van der Waals surface area contributed by atoms with Gasteiger partial charge in [-0.1, -0.05) is 19.9 Å². The summed E-state index contributed by atoms with van der Waals surface area (Å²) < 4.78 is 30.4. The first-order valence-electron chi connectivity index (χ1n) is 12.6. The van der Waals surface area contributed by atoms with Crippen molar-refractivity contribution in [3.05, 3.63) is 35.9 Å². The molecule has 0 spiro atoms. The minimum Gasteiger partial charge on any atom is -0.496 e. The van der Waals surface area contributed by atoms with Crippen LogP contribution in [0.4, 0.5) is 5.69 Å². The number of benzene rings is 1. The number of hydrogen-bond donors (Lipinski definition) is 0. The second-order valence-electron chi connectivity index (χ2n) is 9.73. The van der Waals surface area contributed by atoms with E-state index in [0.29, 0.717) is 35.8 Å². The zero-order chi connectivity index (χ0) is 25.7. The zero-order valence-corrected chi connectivity index (χ0v) is 22.4. The second-order valence-corrected chi connectivity index (χ2v) is 9.73. The first kappa shape index (κ1) is 26.1. The topological polar surface area (TPSA) is 66.7 Å². The van der Waals surface area contributed by atoms with E-state index in [0.717, 1.165) is 67.2 Å². The molecule has 0 amide bonds. The molecule has 1 aliphatic heterocycles. The molecule has 3 heterocycles. The van der Waals surface area contributed by atoms with Gasteiger partial charge in [0.15, 0.2) is 0 Å². The van der Waals surface area contributed by atoms with Gasteiger partial charge in [0.1, 0.15) is 17.2 Å². The van der Waals surface area contributed by atoms with Gasteiger partial charge in [-0.05, 0) is 54.5 Å². The Kier molecular flexibility index (Phi) is 8.59. The highest BCUT2D eigenvalue weighted by Crippen LogP contribution is 2.42. The molecule has 2 aromatic heterocycles. The van der Waals surface area contributed by atoms with Crippen LogP contribution in [0.25, 0.3) is 16.8 Å². The lowest BCUT2D eigenvalue weighted by Crippen LogP contribution is -2.35. The number of pyridine rings is 1. The maximum absolute atomic E-state index is 5.86. The summed E-state index contributed by atoms with van der Waals surface area (Å²) in [6.45, 7) is 8.48. The molecular weight excluding hydrogens is 458 g/mol. The van der Waals surface area contributed by atoms with E-state index in [4.69, 9.17) is 28.8 Å². The van der Waals surface area contributed by atoms with Gasteiger partial charge in [-0.3, -0.25) is 0 Å². The van der Waals surface area contributed by atoms with Crippen molar-refractivity contribution >= 4 is 11.2 Å². The van der Waals surface area contributed by atoms with Crippen LogP contribution in [0.1, 0.15) is 32.3 Å². The van der Waals surface area contributed by atoms with Gasteiger partial charge in [-0.2, -0.15) is 0 Å². The van der Waals surface area contributed by atoms with Gasteiger partial charge in [0.05, 0.1) is 44.7 Å². The van der Waals surface area contributed by atoms with Crippen molar-refractivity contribution in [1.82, 2.24) is 9.61 Å². The number of fused-ring (bicyclic) bond motifs is 1. The largest absolute Gasteiger partial charge is 0.496 e. The van der Waals surface area contributed by atoms with Gasteiger partial charge in [0, 0.05) is 33.4 Å². The Labute approximate surface area is 214 Å². The number of hydrogen-bond acceptors (Lipinski definition) is 7. The van der Waals surface area contributed by atoms with E-state index in [1.807, 2.05) is 22.7 Å². The quantitative estimate of drug-likeness (QED) is 0.367. The average molecular weight is 498 g/mol. The van der Waals surface area contributed by atoms with Crippen molar-refractivity contribution in [1.29, 1.82) is 0 Å². The molecule has 1 aliphatic rings. The molecule has 1 aromatic carbocycles. The fraction of sp³-hybridized carbons (Fsp3) is 0.536. The van der Waals surface area contributed by atoms with Crippen LogP contribution in [0, 0.1) is 11.8 Å². The molecule has 36 heavy (non-hydrogen) atoms. The third-order valence-electron chi connectivity index (χ3n) is 6.65. The maximum Gasteiger partial charge on any atom is 0.257 e. The number of nitrogens with zero attached hydrogens (tertiary/aromatic N) is 3. The Morgan fingerprint density at radius 1 is 1.03 bits per heavy atom. The molecule has 0 bridgehead atoms. The van der Waals surface area contributed by atoms with Crippen LogP contribution in [0.2, 0.25) is 0 Å². The summed E-state index contributed by atoms with van der Waals surface area (Å²) >= 11 is 0. The Bertz CT molecular complexity index is 1130. The van der Waals surface area contributed by atoms with Crippen molar-refractivity contribution < 1.29 is 23.7 Å². The molecule has 0 N–H and O–H groups in total. The molecule has 3 aromatic rings. The van der Waals surface area contributed by atoms with Crippen molar-refractivity contribution in [2.75, 3.05) is 59.6 Å². The average Bonchev–Trinajstić information content (AvgIpc) is 3.27. The lowest BCUT2D eigenvalue weighted by atomic mass is 9.99. The lowest BCUT2D eigenvalue weighted by Gasteiger charge is -2.32. The fourth-order valence-corrected chi connectivity index (χ4v) is 5.07. The van der Waals surface area contributed by atoms with Gasteiger partial charge in [0.2, 0.25) is 0 Å². The van der Waals surface area contributed by atoms with Crippen LogP contribution in [-0.2, 0) is 16.1 Å². The van der Waals surface area contributed by atoms with Gasteiger partial charge in [-0.15, -0.1) is 5.10 Å². The Hall–Kier alpha value is -2.97. The minimum atomic E-state index is 0.466. The summed E-state index contributed by atoms with van der Waals surface area (Å²) in [5, 5.41) is 4.93. The minimum absolute atomic E-state index is 0.466. The van der Waals surface area contributed by atoms with E-state index in [9.17, 15) is 0 Å². The molecule has 8 heteroatoms. The molecule has 0 radical (unpaired) electrons. The summed E-state index contributed by atoms with van der Waals surface area (Å²) in [4.78, 5) is 2.45. The van der Waals surface area contributed by atoms with Crippen LogP contribution in [0.5, 0.6) is 17.4 Å². The van der Waals surface area contributed by atoms with Gasteiger partial charge in [0.25, 0.3) is 5.88 Å². The van der Waals surface area contributed by atoms with Crippen molar-refractivity contribution in [3.8, 4) is 28.6 Å². The fourth-order valence-electron chi connectivity index (χ4n) is 5.07. The van der Waals surface area contributed by atoms with Crippen LogP contribution in [0.15, 0.2) is 30.3 Å². The molecule has 4 rings (SSSR count). The Morgan fingerprint density at radius 2 is 1.72 bits per heavy atom. The van der Waals surface area contributed by atoms with E-state index in [1.165, 1.54) is 0 Å². The van der Waals surface area contributed by atoms with Gasteiger partial charge in [-0.25, -0.2) is 4.52 Å². The summed E-state index contributed by atoms with van der Waals surface area (Å²) in [6.07, 6.45) is 2.15. The van der Waals surface area contributed by atoms with Crippen molar-refractivity contribution in [2.24, 2.45) is 11.8 Å². The summed E-state index contributed by atoms with van der Waals surface area (Å²) in [6, 6.07) is 10.2. The molecule has 0 unspecified atom stereocenters. The van der Waals surface area contributed by atoms with E-state index in [1.54, 1.807) is 28.4 Å². The zero-order valence-electron chi connectivity index (χ0n) is 22.4. The smallest absolute Gasteiger partial charge is 0.257 e. The number of rotatable bonds is 11. The van der Waals surface area contributed by atoms with E-state index in [2.05, 4.69) is 30.9 Å². The highest BCUT2D eigenvalue weighted by Gasteiger charge is 2.27. The summed E-state index contributed by atoms with van der Waals surface area (Å²) in [5.74, 6) is 3.08. The molecule has 1 fully saturated rings. The molecule has 196 valence electrons. The van der Waals surface area contributed by atoms with Crippen LogP contribution >= 0.6 is 0 Å². The molecule has 0 atom stereocenters. The van der Waals surface area contributed by atoms with Crippen molar-refractivity contribution in [2.45, 2.75) is 33.3 Å². The number of methoxy groups -OCH3 is 4. The second kappa shape index (κ2) is 11.8. The highest BCUT2D eigenvalue weighted by molar-refractivity contribution is 5.84. The van der Waals surface area contributed by atoms with Gasteiger partial charge < -0.3 is 28.6 Å². The molecule has 0 aliphatic carbocycles. The third kappa shape index (κ3) is 5.39. The normalized spacial score (nSPS) is 14.4. The molecule has 1 saturated heterocycles. The first-order valence-corrected chi connectivity index (χ1v) is 12.6. The predicted octanol–water partition coefficient (Wildman–Crippen LogP) is 5.06. The standard InChI is InChI=1S/C28H39N3O5/c1-19(2)16-30(17-20-10-12-36-13-11-20)27-23-9-7-8-22(31(23)29-28(27)35-6)26-24(33-4)14-21(18-32-3)15-25(26)34-5/h7-9,14-15,19-20H,10-13,16-18H2,1-6H3. The predicted molar refractivity (Wildman–Crippen MR) is 142 cm³/mol. The Morgan fingerprint density at radius 3 is 2.31 bits per heavy atom. The van der Waals surface area contributed by atoms with Crippen LogP contribution in [0.3, 0.4) is 0 Å². The maximum atomic E-state index is 5.86. The molecule has 8 nitrogen and oxygen atoms in total. The van der Waals surface area contributed by atoms with E-state index in [-0.39, 0.29) is 0 Å². The lowest BCUT2D eigenvalue weighted by molar-refractivity contribution is 0.0681. The Balaban J connectivity index is 1.87. The van der Waals surface area contributed by atoms with Crippen molar-refractivity contribution in [3.63, 3.8) is 0 Å². The number of anilines is 1. The van der Waals surface area contributed by atoms with Crippen LogP contribution in [-0.4, -0.2) is 64.4 Å². The monoisotopic (exact) mass is 497 g/mol. The molecule has 0 saturated carbocycles. The van der Waals surface area contributed by atoms with Crippen LogP contribution < -0.4 is 19.1 Å². The highest BCUT2D eigenvalue weighted by atomic mass is 16.5. The van der Waals surface area contributed by atoms with Gasteiger partial charge >= 0.3 is 0 Å². The van der Waals surface area contributed by atoms with E-state index >= 15 is 0 Å². The SMILES string of the molecule is COCc1cc(OC)c(-c2cccc3c(N(CC(C)C)CC4CCOCC4)c(OC)nn23)c(OC)c1. The van der Waals surface area contributed by atoms with E-state index < -0.39 is 0 Å².